The van der Waals surface area contributed by atoms with E-state index >= 15 is 0 Å². The first-order valence-corrected chi connectivity index (χ1v) is 8.50. The summed E-state index contributed by atoms with van der Waals surface area (Å²) >= 11 is 0. The number of nitrogens with zero attached hydrogens (tertiary/aromatic N) is 2. The lowest BCUT2D eigenvalue weighted by Gasteiger charge is -2.40. The van der Waals surface area contributed by atoms with Gasteiger partial charge in [-0.05, 0) is 62.3 Å². The lowest BCUT2D eigenvalue weighted by molar-refractivity contribution is 0.0447. The third-order valence-electron chi connectivity index (χ3n) is 3.05. The molecule has 3 nitrogen and oxygen atoms in total. The Labute approximate surface area is 123 Å². The highest BCUT2D eigenvalue weighted by atomic mass is 31.1. The van der Waals surface area contributed by atoms with Gasteiger partial charge in [0.15, 0.2) is 0 Å². The van der Waals surface area contributed by atoms with Gasteiger partial charge in [-0.15, -0.1) is 0 Å². The standard InChI is InChI=1S/C15H35N2OP/c1-11(2)16(12(3)4)19-17(13(5)6)15(9)10-18-14(7)8/h11-15,19H,10H2,1-9H3. The molecule has 0 saturated carbocycles. The van der Waals surface area contributed by atoms with Crippen molar-refractivity contribution in [2.45, 2.75) is 92.6 Å². The fraction of sp³-hybridized carbons (Fsp3) is 1.00. The molecule has 0 aliphatic carbocycles. The molecule has 0 spiro atoms. The van der Waals surface area contributed by atoms with Crippen molar-refractivity contribution in [3.8, 4) is 0 Å². The Morgan fingerprint density at radius 1 is 0.737 bits per heavy atom. The monoisotopic (exact) mass is 290 g/mol. The van der Waals surface area contributed by atoms with Crippen molar-refractivity contribution in [2.75, 3.05) is 6.61 Å². The Bertz CT molecular complexity index is 224. The van der Waals surface area contributed by atoms with Crippen LogP contribution in [0.5, 0.6) is 0 Å². The molecule has 4 heteroatoms. The molecule has 2 atom stereocenters. The second-order valence-electron chi connectivity index (χ2n) is 6.43. The summed E-state index contributed by atoms with van der Waals surface area (Å²) in [6, 6.07) is 2.17. The molecule has 0 aliphatic rings. The smallest absolute Gasteiger partial charge is 0.0626 e. The summed E-state index contributed by atoms with van der Waals surface area (Å²) < 4.78 is 10.9. The van der Waals surface area contributed by atoms with E-state index in [9.17, 15) is 0 Å². The zero-order chi connectivity index (χ0) is 15.2. The highest BCUT2D eigenvalue weighted by molar-refractivity contribution is 7.32. The summed E-state index contributed by atoms with van der Waals surface area (Å²) in [7, 11) is 0.726. The van der Waals surface area contributed by atoms with Gasteiger partial charge in [-0.25, -0.2) is 0 Å². The highest BCUT2D eigenvalue weighted by Crippen LogP contribution is 2.33. The first-order chi connectivity index (χ1) is 8.66. The predicted molar refractivity (Wildman–Crippen MR) is 88.0 cm³/mol. The Balaban J connectivity index is 4.62. The molecule has 0 aromatic rings. The Morgan fingerprint density at radius 2 is 1.16 bits per heavy atom. The minimum atomic E-state index is 0.311. The van der Waals surface area contributed by atoms with Crippen molar-refractivity contribution in [1.82, 2.24) is 9.34 Å². The molecule has 0 saturated heterocycles. The van der Waals surface area contributed by atoms with Crippen molar-refractivity contribution in [3.63, 3.8) is 0 Å². The van der Waals surface area contributed by atoms with Crippen LogP contribution in [0.15, 0.2) is 0 Å². The maximum Gasteiger partial charge on any atom is 0.0626 e. The Hall–Kier alpha value is 0.310. The largest absolute Gasteiger partial charge is 0.377 e. The van der Waals surface area contributed by atoms with E-state index in [1.165, 1.54) is 0 Å². The van der Waals surface area contributed by atoms with Crippen LogP contribution in [0.4, 0.5) is 0 Å². The Kier molecular flexibility index (Phi) is 9.43. The number of ether oxygens (including phenoxy) is 1. The maximum atomic E-state index is 5.78. The summed E-state index contributed by atoms with van der Waals surface area (Å²) in [4.78, 5) is 0. The zero-order valence-electron chi connectivity index (χ0n) is 14.4. The number of hydrogen-bond donors (Lipinski definition) is 0. The van der Waals surface area contributed by atoms with E-state index in [4.69, 9.17) is 4.74 Å². The van der Waals surface area contributed by atoms with Gasteiger partial charge in [0, 0.05) is 33.0 Å². The van der Waals surface area contributed by atoms with E-state index in [1.54, 1.807) is 0 Å². The fourth-order valence-electron chi connectivity index (χ4n) is 2.10. The van der Waals surface area contributed by atoms with Crippen LogP contribution in [0.1, 0.15) is 62.3 Å². The van der Waals surface area contributed by atoms with Crippen molar-refractivity contribution in [2.24, 2.45) is 0 Å². The van der Waals surface area contributed by atoms with E-state index in [0.717, 1.165) is 15.5 Å². The minimum Gasteiger partial charge on any atom is -0.377 e. The topological polar surface area (TPSA) is 15.7 Å². The SMILES string of the molecule is CC(C)OCC(C)N(PN(C(C)C)C(C)C)C(C)C. The molecule has 0 aromatic heterocycles. The van der Waals surface area contributed by atoms with E-state index < -0.39 is 0 Å². The molecule has 0 bridgehead atoms. The number of rotatable bonds is 9. The second-order valence-corrected chi connectivity index (χ2v) is 7.66. The molecule has 0 rings (SSSR count). The molecule has 0 radical (unpaired) electrons. The van der Waals surface area contributed by atoms with Gasteiger partial charge in [-0.3, -0.25) is 9.34 Å². The van der Waals surface area contributed by atoms with Crippen molar-refractivity contribution in [3.05, 3.63) is 0 Å². The lowest BCUT2D eigenvalue weighted by atomic mass is 10.3. The summed E-state index contributed by atoms with van der Waals surface area (Å²) in [5.41, 5.74) is 0. The molecule has 0 aliphatic heterocycles. The van der Waals surface area contributed by atoms with Crippen LogP contribution in [-0.4, -0.2) is 46.2 Å². The molecule has 19 heavy (non-hydrogen) atoms. The normalized spacial score (nSPS) is 15.3. The summed E-state index contributed by atoms with van der Waals surface area (Å²) in [5.74, 6) is 0. The van der Waals surface area contributed by atoms with Gasteiger partial charge in [0.05, 0.1) is 12.7 Å². The zero-order valence-corrected chi connectivity index (χ0v) is 15.4. The van der Waals surface area contributed by atoms with Gasteiger partial charge in [-0.1, -0.05) is 0 Å². The minimum absolute atomic E-state index is 0.311. The molecule has 116 valence electrons. The quantitative estimate of drug-likeness (QED) is 0.594. The third kappa shape index (κ3) is 7.60. The van der Waals surface area contributed by atoms with Crippen LogP contribution in [0.2, 0.25) is 0 Å². The van der Waals surface area contributed by atoms with E-state index in [1.807, 2.05) is 0 Å². The molecule has 2 unspecified atom stereocenters. The molecular formula is C15H35N2OP. The summed E-state index contributed by atoms with van der Waals surface area (Å²) in [5, 5.41) is 0. The van der Waals surface area contributed by atoms with Crippen LogP contribution in [0.3, 0.4) is 0 Å². The van der Waals surface area contributed by atoms with Crippen LogP contribution < -0.4 is 0 Å². The lowest BCUT2D eigenvalue weighted by Crippen LogP contribution is -2.41. The molecule has 0 heterocycles. The molecule has 0 fully saturated rings. The van der Waals surface area contributed by atoms with Crippen molar-refractivity contribution < 1.29 is 4.74 Å². The first-order valence-electron chi connectivity index (χ1n) is 7.61. The van der Waals surface area contributed by atoms with E-state index in [-0.39, 0.29) is 0 Å². The van der Waals surface area contributed by atoms with Gasteiger partial charge in [0.25, 0.3) is 0 Å². The molecule has 0 amide bonds. The molecule has 0 N–H and O–H groups in total. The average molecular weight is 290 g/mol. The summed E-state index contributed by atoms with van der Waals surface area (Å²) in [6.45, 7) is 21.0. The van der Waals surface area contributed by atoms with Crippen LogP contribution in [0, 0.1) is 0 Å². The maximum absolute atomic E-state index is 5.78. The highest BCUT2D eigenvalue weighted by Gasteiger charge is 2.23. The van der Waals surface area contributed by atoms with Gasteiger partial charge in [0.2, 0.25) is 0 Å². The predicted octanol–water partition coefficient (Wildman–Crippen LogP) is 4.14. The Morgan fingerprint density at radius 3 is 1.47 bits per heavy atom. The molecular weight excluding hydrogens is 255 g/mol. The van der Waals surface area contributed by atoms with Crippen LogP contribution >= 0.6 is 8.88 Å². The van der Waals surface area contributed by atoms with Gasteiger partial charge >= 0.3 is 0 Å². The third-order valence-corrected chi connectivity index (χ3v) is 5.50. The molecule has 0 aromatic carbocycles. The number of hydrogen-bond acceptors (Lipinski definition) is 3. The van der Waals surface area contributed by atoms with Crippen molar-refractivity contribution >= 4 is 8.88 Å². The first kappa shape index (κ1) is 19.3. The van der Waals surface area contributed by atoms with Gasteiger partial charge < -0.3 is 4.74 Å². The second kappa shape index (κ2) is 9.28. The van der Waals surface area contributed by atoms with Gasteiger partial charge in [-0.2, -0.15) is 0 Å². The van der Waals surface area contributed by atoms with Crippen LogP contribution in [-0.2, 0) is 4.74 Å². The van der Waals surface area contributed by atoms with E-state index in [0.29, 0.717) is 30.3 Å². The summed E-state index contributed by atoms with van der Waals surface area (Å²) in [6.07, 6.45) is 0.311. The van der Waals surface area contributed by atoms with Crippen LogP contribution in [0.25, 0.3) is 0 Å². The average Bonchev–Trinajstić information content (AvgIpc) is 2.25. The van der Waals surface area contributed by atoms with Gasteiger partial charge in [0.1, 0.15) is 0 Å². The van der Waals surface area contributed by atoms with E-state index in [2.05, 4.69) is 71.7 Å². The fourth-order valence-corrected chi connectivity index (χ4v) is 3.33. The van der Waals surface area contributed by atoms with Crippen molar-refractivity contribution in [1.29, 1.82) is 0 Å².